The third kappa shape index (κ3) is 3.23. The highest BCUT2D eigenvalue weighted by atomic mass is 28.3. The predicted molar refractivity (Wildman–Crippen MR) is 169 cm³/mol. The summed E-state index contributed by atoms with van der Waals surface area (Å²) < 4.78 is 0. The lowest BCUT2D eigenvalue weighted by atomic mass is 10.1. The van der Waals surface area contributed by atoms with Gasteiger partial charge in [-0.2, -0.15) is 5.26 Å². The van der Waals surface area contributed by atoms with Crippen LogP contribution in [0, 0.1) is 11.3 Å². The first-order valence-electron chi connectivity index (χ1n) is 13.7. The molecular formula is C36H24N4Si. The Morgan fingerprint density at radius 1 is 0.488 bits per heavy atom. The summed E-state index contributed by atoms with van der Waals surface area (Å²) in [4.78, 5) is 9.14. The summed E-state index contributed by atoms with van der Waals surface area (Å²) in [6, 6.07) is 50.4. The molecule has 1 spiro atoms. The molecule has 3 heterocycles. The van der Waals surface area contributed by atoms with E-state index in [1.807, 2.05) is 12.3 Å². The van der Waals surface area contributed by atoms with E-state index in [4.69, 9.17) is 0 Å². The molecule has 0 radical (unpaired) electrons. The second-order valence-corrected chi connectivity index (χ2v) is 14.0. The van der Waals surface area contributed by atoms with Gasteiger partial charge in [-0.25, -0.2) is 0 Å². The largest absolute Gasteiger partial charge is 0.311 e. The normalized spacial score (nSPS) is 13.9. The highest BCUT2D eigenvalue weighted by Gasteiger charge is 2.53. The van der Waals surface area contributed by atoms with Gasteiger partial charge >= 0.3 is 0 Å². The van der Waals surface area contributed by atoms with Gasteiger partial charge in [-0.15, -0.1) is 0 Å². The first-order chi connectivity index (χ1) is 20.3. The number of aromatic nitrogens is 1. The van der Waals surface area contributed by atoms with Gasteiger partial charge in [-0.1, -0.05) is 91.0 Å². The molecule has 0 unspecified atom stereocenters. The van der Waals surface area contributed by atoms with Crippen molar-refractivity contribution in [3.05, 3.63) is 151 Å². The lowest BCUT2D eigenvalue weighted by molar-refractivity contribution is 1.22. The number of pyridine rings is 1. The van der Waals surface area contributed by atoms with Crippen molar-refractivity contribution in [3.63, 3.8) is 0 Å². The van der Waals surface area contributed by atoms with Gasteiger partial charge in [0.1, 0.15) is 6.07 Å². The van der Waals surface area contributed by atoms with Crippen LogP contribution in [-0.4, -0.2) is 13.1 Å². The van der Waals surface area contributed by atoms with Crippen LogP contribution in [0.5, 0.6) is 0 Å². The van der Waals surface area contributed by atoms with E-state index in [1.54, 1.807) is 6.20 Å². The number of benzene rings is 5. The number of anilines is 6. The van der Waals surface area contributed by atoms with Crippen molar-refractivity contribution >= 4 is 62.9 Å². The van der Waals surface area contributed by atoms with Crippen molar-refractivity contribution in [2.24, 2.45) is 0 Å². The van der Waals surface area contributed by atoms with Gasteiger partial charge in [0.05, 0.1) is 17.4 Å². The zero-order chi connectivity index (χ0) is 27.4. The maximum atomic E-state index is 9.68. The average Bonchev–Trinajstić information content (AvgIpc) is 3.05. The smallest absolute Gasteiger partial charge is 0.188 e. The fraction of sp³-hybridized carbons (Fsp3) is 0. The van der Waals surface area contributed by atoms with Gasteiger partial charge in [-0.05, 0) is 63.2 Å². The number of rotatable bonds is 2. The Kier molecular flexibility index (Phi) is 5.18. The van der Waals surface area contributed by atoms with Gasteiger partial charge in [0, 0.05) is 34.6 Å². The maximum absolute atomic E-state index is 9.68. The quantitative estimate of drug-likeness (QED) is 0.256. The van der Waals surface area contributed by atoms with Gasteiger partial charge < -0.3 is 9.80 Å². The number of hydrogen-bond donors (Lipinski definition) is 0. The van der Waals surface area contributed by atoms with E-state index in [1.165, 1.54) is 32.1 Å². The van der Waals surface area contributed by atoms with Crippen molar-refractivity contribution < 1.29 is 0 Å². The molecular weight excluding hydrogens is 517 g/mol. The molecule has 0 fully saturated rings. The Morgan fingerprint density at radius 3 is 1.37 bits per heavy atom. The highest BCUT2D eigenvalue weighted by molar-refractivity contribution is 7.23. The molecule has 41 heavy (non-hydrogen) atoms. The molecule has 0 bridgehead atoms. The van der Waals surface area contributed by atoms with Crippen LogP contribution in [0.15, 0.2) is 146 Å². The van der Waals surface area contributed by atoms with Crippen molar-refractivity contribution in [3.8, 4) is 6.07 Å². The molecule has 0 atom stereocenters. The summed E-state index contributed by atoms with van der Waals surface area (Å²) in [6.07, 6.45) is 3.47. The summed E-state index contributed by atoms with van der Waals surface area (Å²) in [5.41, 5.74) is 7.28. The van der Waals surface area contributed by atoms with E-state index >= 15 is 0 Å². The molecule has 192 valence electrons. The Bertz CT molecular complexity index is 1900. The summed E-state index contributed by atoms with van der Waals surface area (Å²) in [6.45, 7) is 0. The molecule has 8 rings (SSSR count). The molecule has 4 nitrogen and oxygen atoms in total. The molecule has 5 heteroatoms. The molecule has 0 aliphatic carbocycles. The van der Waals surface area contributed by atoms with E-state index < -0.39 is 8.07 Å². The topological polar surface area (TPSA) is 43.2 Å². The minimum Gasteiger partial charge on any atom is -0.311 e. The molecule has 5 aromatic carbocycles. The first kappa shape index (κ1) is 23.4. The van der Waals surface area contributed by atoms with Crippen LogP contribution in [0.1, 0.15) is 5.56 Å². The number of nitrogens with zero attached hydrogens (tertiary/aromatic N) is 4. The predicted octanol–water partition coefficient (Wildman–Crippen LogP) is 5.90. The van der Waals surface area contributed by atoms with Crippen LogP contribution in [0.4, 0.5) is 34.1 Å². The molecule has 0 amide bonds. The van der Waals surface area contributed by atoms with Gasteiger partial charge in [0.2, 0.25) is 0 Å². The summed E-state index contributed by atoms with van der Waals surface area (Å²) in [5.74, 6) is 0. The molecule has 0 saturated carbocycles. The van der Waals surface area contributed by atoms with Crippen molar-refractivity contribution in [1.29, 1.82) is 5.26 Å². The van der Waals surface area contributed by atoms with Gasteiger partial charge in [-0.3, -0.25) is 4.98 Å². The molecule has 2 aliphatic heterocycles. The Morgan fingerprint density at radius 2 is 0.902 bits per heavy atom. The van der Waals surface area contributed by atoms with Crippen LogP contribution < -0.4 is 30.5 Å². The van der Waals surface area contributed by atoms with Gasteiger partial charge in [0.25, 0.3) is 0 Å². The van der Waals surface area contributed by atoms with Crippen molar-refractivity contribution in [2.75, 3.05) is 9.80 Å². The van der Waals surface area contributed by atoms with E-state index in [-0.39, 0.29) is 0 Å². The maximum Gasteiger partial charge on any atom is 0.188 e. The minimum atomic E-state index is -2.79. The average molecular weight is 541 g/mol. The second kappa shape index (κ2) is 9.05. The van der Waals surface area contributed by atoms with Crippen LogP contribution in [0.2, 0.25) is 0 Å². The van der Waals surface area contributed by atoms with E-state index in [9.17, 15) is 5.26 Å². The number of nitriles is 1. The third-order valence-corrected chi connectivity index (χ3v) is 13.2. The lowest BCUT2D eigenvalue weighted by Crippen LogP contribution is -2.79. The van der Waals surface area contributed by atoms with E-state index in [0.717, 1.165) is 22.7 Å². The minimum absolute atomic E-state index is 0.543. The van der Waals surface area contributed by atoms with E-state index in [2.05, 4.69) is 148 Å². The zero-order valence-corrected chi connectivity index (χ0v) is 23.1. The molecule has 2 aliphatic rings. The lowest BCUT2D eigenvalue weighted by Gasteiger charge is -2.49. The SMILES string of the molecule is N#Cc1cncc(N2c3ccccc3[Si]3(c4ccccc4N(c4ccccc4)c4ccccc43)c3ccccc32)c1. The Hall–Kier alpha value is -5.44. The number of hydrogen-bond acceptors (Lipinski definition) is 4. The second-order valence-electron chi connectivity index (χ2n) is 10.4. The molecule has 0 N–H and O–H groups in total. The summed E-state index contributed by atoms with van der Waals surface area (Å²) >= 11 is 0. The zero-order valence-electron chi connectivity index (χ0n) is 22.1. The monoisotopic (exact) mass is 540 g/mol. The first-order valence-corrected chi connectivity index (χ1v) is 15.7. The Labute approximate surface area is 240 Å². The van der Waals surface area contributed by atoms with Crippen molar-refractivity contribution in [2.45, 2.75) is 0 Å². The summed E-state index contributed by atoms with van der Waals surface area (Å²) in [5, 5.41) is 15.1. The molecule has 1 aromatic heterocycles. The van der Waals surface area contributed by atoms with Gasteiger partial charge in [0.15, 0.2) is 8.07 Å². The Balaban J connectivity index is 1.51. The molecule has 6 aromatic rings. The fourth-order valence-corrected chi connectivity index (χ4v) is 12.3. The number of para-hydroxylation sites is 5. The van der Waals surface area contributed by atoms with Crippen LogP contribution in [-0.2, 0) is 0 Å². The van der Waals surface area contributed by atoms with E-state index in [0.29, 0.717) is 5.56 Å². The summed E-state index contributed by atoms with van der Waals surface area (Å²) in [7, 11) is -2.79. The standard InChI is InChI=1S/C36H24N4Si/c37-23-26-22-28(25-38-24-26)40-31-16-6-10-20-35(31)41(36-21-11-7-17-32(36)40)33-18-8-4-14-29(33)39(27-12-2-1-3-13-27)30-15-5-9-19-34(30)41/h1-22,24-25H. The number of fused-ring (bicyclic) bond motifs is 8. The van der Waals surface area contributed by atoms with Crippen LogP contribution >= 0.6 is 0 Å². The van der Waals surface area contributed by atoms with Crippen LogP contribution in [0.25, 0.3) is 0 Å². The van der Waals surface area contributed by atoms with Crippen molar-refractivity contribution in [1.82, 2.24) is 4.98 Å². The highest BCUT2D eigenvalue weighted by Crippen LogP contribution is 2.43. The molecule has 0 saturated heterocycles. The van der Waals surface area contributed by atoms with Crippen LogP contribution in [0.3, 0.4) is 0 Å². The fourth-order valence-electron chi connectivity index (χ4n) is 6.82. The third-order valence-electron chi connectivity index (χ3n) is 8.32.